The minimum Gasteiger partial charge on any atom is -0.490 e. The molecule has 1 fully saturated rings. The molecule has 3 rings (SSSR count). The average molecular weight is 575 g/mol. The van der Waals surface area contributed by atoms with Crippen LogP contribution in [0, 0.1) is 17.2 Å². The fraction of sp³-hybridized carbons (Fsp3) is 0.581. The van der Waals surface area contributed by atoms with Gasteiger partial charge in [-0.05, 0) is 57.2 Å². The molecule has 2 N–H and O–H groups in total. The molecule has 0 saturated heterocycles. The van der Waals surface area contributed by atoms with Gasteiger partial charge in [-0.1, -0.05) is 83.6 Å². The molecule has 1 aliphatic carbocycles. The molecule has 3 unspecified atom stereocenters. The number of benzene rings is 1. The molecule has 1 aromatic carbocycles. The van der Waals surface area contributed by atoms with Gasteiger partial charge in [0.1, 0.15) is 21.8 Å². The van der Waals surface area contributed by atoms with Crippen LogP contribution < -0.4 is 10.5 Å². The highest BCUT2D eigenvalue weighted by atomic mass is 32.2. The van der Waals surface area contributed by atoms with E-state index < -0.39 is 10.8 Å². The predicted octanol–water partition coefficient (Wildman–Crippen LogP) is 8.04. The monoisotopic (exact) mass is 574 g/mol. The Labute approximate surface area is 244 Å². The zero-order valence-corrected chi connectivity index (χ0v) is 27.1. The summed E-state index contributed by atoms with van der Waals surface area (Å²) in [5.74, 6) is 2.91. The van der Waals surface area contributed by atoms with Gasteiger partial charge in [-0.25, -0.2) is 0 Å². The molecule has 1 heterocycles. The van der Waals surface area contributed by atoms with Gasteiger partial charge in [0, 0.05) is 40.3 Å². The van der Waals surface area contributed by atoms with Crippen LogP contribution in [0.5, 0.6) is 5.75 Å². The van der Waals surface area contributed by atoms with Crippen LogP contribution in [0.3, 0.4) is 0 Å². The second kappa shape index (κ2) is 21.5. The lowest BCUT2D eigenvalue weighted by molar-refractivity contribution is 0.242. The van der Waals surface area contributed by atoms with Gasteiger partial charge in [0.2, 0.25) is 0 Å². The Balaban J connectivity index is 0.00000113. The summed E-state index contributed by atoms with van der Waals surface area (Å²) in [7, 11) is -0.652. The van der Waals surface area contributed by atoms with Gasteiger partial charge in [-0.3, -0.25) is 4.21 Å². The molecule has 0 amide bonds. The Kier molecular flexibility index (Phi) is 20.2. The number of rotatable bonds is 9. The number of ether oxygens (including phenoxy) is 1. The topological polar surface area (TPSA) is 102 Å². The second-order valence-corrected chi connectivity index (χ2v) is 11.7. The second-order valence-electron chi connectivity index (χ2n) is 8.86. The van der Waals surface area contributed by atoms with Crippen LogP contribution in [0.1, 0.15) is 98.1 Å². The summed E-state index contributed by atoms with van der Waals surface area (Å²) in [6.45, 7) is 18.8. The minimum atomic E-state index is -0.652. The maximum atomic E-state index is 10.4. The first kappa shape index (κ1) is 36.7. The van der Waals surface area contributed by atoms with Crippen molar-refractivity contribution in [2.75, 3.05) is 18.1 Å². The van der Waals surface area contributed by atoms with Crippen molar-refractivity contribution >= 4 is 22.1 Å². The van der Waals surface area contributed by atoms with Crippen molar-refractivity contribution in [2.24, 2.45) is 11.7 Å². The molecule has 0 bridgehead atoms. The van der Waals surface area contributed by atoms with Gasteiger partial charge in [0.15, 0.2) is 0 Å². The van der Waals surface area contributed by atoms with Crippen LogP contribution in [0.15, 0.2) is 42.0 Å². The number of hydrogen-bond acceptors (Lipinski definition) is 7. The molecule has 39 heavy (non-hydrogen) atoms. The molecule has 218 valence electrons. The van der Waals surface area contributed by atoms with Crippen LogP contribution >= 0.6 is 11.3 Å². The highest BCUT2D eigenvalue weighted by Crippen LogP contribution is 2.32. The number of nitrogens with zero attached hydrogens (tertiary/aromatic N) is 3. The van der Waals surface area contributed by atoms with E-state index in [9.17, 15) is 9.47 Å². The number of nitriles is 1. The molecule has 3 atom stereocenters. The van der Waals surface area contributed by atoms with E-state index in [-0.39, 0.29) is 12.0 Å². The maximum Gasteiger partial charge on any atom is 0.147 e. The lowest BCUT2D eigenvalue weighted by atomic mass is 10.0. The summed E-state index contributed by atoms with van der Waals surface area (Å²) in [6, 6.07) is 7.82. The highest BCUT2D eigenvalue weighted by Gasteiger charge is 2.16. The Morgan fingerprint density at radius 3 is 2.44 bits per heavy atom. The van der Waals surface area contributed by atoms with Gasteiger partial charge in [0.05, 0.1) is 11.7 Å². The largest absolute Gasteiger partial charge is 0.490 e. The number of nitrogens with two attached hydrogens (primary N) is 1. The standard InChI is InChI=1S/C23H27N3OS.C4H11NOS.2C2H6/c1-15(2)27-21-12-11-19(13-20(21)14-24)23-26-25-22(28-23)17(4)8-6-10-18-9-5-7-16(18)3;1-2-7(6)4-3-5;2*1-2/h6,8,10-13,15-17H,5,7,9H2,1-4H3;2-5H2,1H3;2*1-2H3/b8-6-,18-10-;;;. The Hall–Kier alpha value is -2.34. The van der Waals surface area contributed by atoms with Crippen molar-refractivity contribution in [1.82, 2.24) is 10.2 Å². The molecule has 2 aromatic rings. The molecule has 0 aliphatic heterocycles. The highest BCUT2D eigenvalue weighted by molar-refractivity contribution is 7.84. The van der Waals surface area contributed by atoms with Gasteiger partial charge < -0.3 is 10.5 Å². The minimum absolute atomic E-state index is 0.0286. The smallest absolute Gasteiger partial charge is 0.147 e. The van der Waals surface area contributed by atoms with Crippen molar-refractivity contribution in [3.05, 3.63) is 52.6 Å². The molecule has 1 saturated carbocycles. The fourth-order valence-electron chi connectivity index (χ4n) is 3.64. The Bertz CT molecular complexity index is 1070. The normalized spacial score (nSPS) is 16.8. The van der Waals surface area contributed by atoms with Gasteiger partial charge in [0.25, 0.3) is 0 Å². The van der Waals surface area contributed by atoms with E-state index in [1.165, 1.54) is 19.3 Å². The third kappa shape index (κ3) is 13.5. The summed E-state index contributed by atoms with van der Waals surface area (Å²) in [6.07, 6.45) is 10.5. The zero-order valence-electron chi connectivity index (χ0n) is 25.5. The zero-order chi connectivity index (χ0) is 29.8. The lowest BCUT2D eigenvalue weighted by Gasteiger charge is -2.11. The van der Waals surface area contributed by atoms with Crippen LogP contribution in [-0.2, 0) is 10.8 Å². The summed E-state index contributed by atoms with van der Waals surface area (Å²) >= 11 is 1.57. The fourth-order valence-corrected chi connectivity index (χ4v) is 5.06. The van der Waals surface area contributed by atoms with Crippen molar-refractivity contribution in [1.29, 1.82) is 5.26 Å². The number of allylic oxidation sites excluding steroid dienone is 4. The van der Waals surface area contributed by atoms with E-state index in [0.717, 1.165) is 21.3 Å². The van der Waals surface area contributed by atoms with Crippen molar-refractivity contribution in [3.63, 3.8) is 0 Å². The molecule has 0 spiro atoms. The maximum absolute atomic E-state index is 10.4. The molecular formula is C31H50N4O2S2. The quantitative estimate of drug-likeness (QED) is 0.325. The number of aromatic nitrogens is 2. The SMILES string of the molecule is CC.CC.CC(C)Oc1ccc(-c2nnc(C(C)/C=C\C=C3\CCCC3C)s2)cc1C#N.CCS(=O)CCN. The van der Waals surface area contributed by atoms with Crippen LogP contribution in [0.25, 0.3) is 10.6 Å². The average Bonchev–Trinajstić information content (AvgIpc) is 3.61. The number of hydrogen-bond donors (Lipinski definition) is 1. The molecule has 0 radical (unpaired) electrons. The molecule has 1 aromatic heterocycles. The molecule has 1 aliphatic rings. The Morgan fingerprint density at radius 1 is 1.23 bits per heavy atom. The van der Waals surface area contributed by atoms with Crippen molar-refractivity contribution < 1.29 is 8.95 Å². The van der Waals surface area contributed by atoms with Gasteiger partial charge in [-0.2, -0.15) is 5.26 Å². The van der Waals surface area contributed by atoms with E-state index in [1.54, 1.807) is 16.9 Å². The van der Waals surface area contributed by atoms with Crippen LogP contribution in [0.2, 0.25) is 0 Å². The first-order valence-electron chi connectivity index (χ1n) is 14.3. The first-order valence-corrected chi connectivity index (χ1v) is 16.6. The predicted molar refractivity (Wildman–Crippen MR) is 170 cm³/mol. The summed E-state index contributed by atoms with van der Waals surface area (Å²) in [5.41, 5.74) is 8.08. The molecular weight excluding hydrogens is 525 g/mol. The third-order valence-corrected chi connectivity index (χ3v) is 8.16. The lowest BCUT2D eigenvalue weighted by Crippen LogP contribution is -2.10. The molecule has 8 heteroatoms. The van der Waals surface area contributed by atoms with Crippen LogP contribution in [-0.4, -0.2) is 38.6 Å². The molecule has 6 nitrogen and oxygen atoms in total. The van der Waals surface area contributed by atoms with Gasteiger partial charge in [-0.15, -0.1) is 10.2 Å². The third-order valence-electron chi connectivity index (χ3n) is 5.65. The summed E-state index contributed by atoms with van der Waals surface area (Å²) < 4.78 is 16.1. The summed E-state index contributed by atoms with van der Waals surface area (Å²) in [4.78, 5) is 0. The van der Waals surface area contributed by atoms with E-state index in [0.29, 0.717) is 29.5 Å². The van der Waals surface area contributed by atoms with E-state index in [4.69, 9.17) is 10.5 Å². The van der Waals surface area contributed by atoms with Crippen molar-refractivity contribution in [3.8, 4) is 22.4 Å². The van der Waals surface area contributed by atoms with Crippen molar-refractivity contribution in [2.45, 2.75) is 93.6 Å². The Morgan fingerprint density at radius 2 is 1.92 bits per heavy atom. The van der Waals surface area contributed by atoms with E-state index in [1.807, 2.05) is 66.7 Å². The first-order chi connectivity index (χ1) is 18.8. The van der Waals surface area contributed by atoms with E-state index >= 15 is 0 Å². The summed E-state index contributed by atoms with van der Waals surface area (Å²) in [5, 5.41) is 19.9. The van der Waals surface area contributed by atoms with Crippen LogP contribution in [0.4, 0.5) is 0 Å². The van der Waals surface area contributed by atoms with E-state index in [2.05, 4.69) is 48.3 Å². The van der Waals surface area contributed by atoms with Gasteiger partial charge >= 0.3 is 0 Å².